The van der Waals surface area contributed by atoms with Crippen molar-refractivity contribution >= 4 is 32.0 Å². The van der Waals surface area contributed by atoms with Crippen molar-refractivity contribution in [2.24, 2.45) is 0 Å². The molecule has 1 N–H and O–H groups in total. The lowest BCUT2D eigenvalue weighted by Crippen LogP contribution is -2.35. The van der Waals surface area contributed by atoms with Gasteiger partial charge in [0.1, 0.15) is 5.76 Å². The van der Waals surface area contributed by atoms with E-state index in [9.17, 15) is 8.42 Å². The molecule has 0 aliphatic carbocycles. The molecule has 8 heteroatoms. The van der Waals surface area contributed by atoms with Crippen molar-refractivity contribution in [1.29, 1.82) is 0 Å². The number of aryl methyl sites for hydroxylation is 1. The molecule has 28 heavy (non-hydrogen) atoms. The second-order valence-corrected chi connectivity index (χ2v) is 10.3. The number of rotatable bonds is 7. The number of hydrogen-bond acceptors (Lipinski definition) is 7. The molecule has 3 aromatic rings. The maximum absolute atomic E-state index is 12.0. The molecule has 1 aromatic carbocycles. The summed E-state index contributed by atoms with van der Waals surface area (Å²) >= 11 is 1.55. The molecule has 1 aliphatic rings. The topological polar surface area (TPSA) is 75.4 Å². The Labute approximate surface area is 169 Å². The molecule has 1 aliphatic heterocycles. The molecule has 1 fully saturated rings. The lowest BCUT2D eigenvalue weighted by Gasteiger charge is -2.26. The van der Waals surface area contributed by atoms with Gasteiger partial charge in [-0.3, -0.25) is 4.90 Å². The molecule has 1 saturated heterocycles. The summed E-state index contributed by atoms with van der Waals surface area (Å²) in [5, 5.41) is 6.18. The number of aromatic nitrogens is 1. The predicted molar refractivity (Wildman–Crippen MR) is 112 cm³/mol. The smallest absolute Gasteiger partial charge is 0.187 e. The zero-order valence-electron chi connectivity index (χ0n) is 15.7. The van der Waals surface area contributed by atoms with Gasteiger partial charge in [-0.25, -0.2) is 13.4 Å². The zero-order valence-corrected chi connectivity index (χ0v) is 17.3. The summed E-state index contributed by atoms with van der Waals surface area (Å²) in [5.41, 5.74) is 3.14. The van der Waals surface area contributed by atoms with Crippen LogP contribution in [0.3, 0.4) is 0 Å². The molecule has 3 heterocycles. The number of hydrogen-bond donors (Lipinski definition) is 1. The van der Waals surface area contributed by atoms with Crippen LogP contribution in [0.5, 0.6) is 0 Å². The fourth-order valence-corrected chi connectivity index (χ4v) is 5.87. The third-order valence-electron chi connectivity index (χ3n) is 4.88. The summed E-state index contributed by atoms with van der Waals surface area (Å²) in [6.45, 7) is 3.22. The fraction of sp³-hybridized carbons (Fsp3) is 0.350. The number of anilines is 2. The van der Waals surface area contributed by atoms with Crippen molar-refractivity contribution in [1.82, 2.24) is 9.88 Å². The first-order valence-corrected chi connectivity index (χ1v) is 11.9. The van der Waals surface area contributed by atoms with Gasteiger partial charge in [-0.1, -0.05) is 17.7 Å². The maximum Gasteiger partial charge on any atom is 0.187 e. The number of benzene rings is 1. The Morgan fingerprint density at radius 3 is 2.75 bits per heavy atom. The molecule has 0 saturated carbocycles. The van der Waals surface area contributed by atoms with E-state index in [4.69, 9.17) is 9.40 Å². The summed E-state index contributed by atoms with van der Waals surface area (Å²) in [6.07, 6.45) is 2.30. The van der Waals surface area contributed by atoms with E-state index in [-0.39, 0.29) is 17.5 Å². The molecule has 0 radical (unpaired) electrons. The molecule has 0 spiro atoms. The Hall–Kier alpha value is -2.16. The lowest BCUT2D eigenvalue weighted by atomic mass is 10.2. The molecule has 4 rings (SSSR count). The maximum atomic E-state index is 12.0. The van der Waals surface area contributed by atoms with E-state index < -0.39 is 9.84 Å². The predicted octanol–water partition coefficient (Wildman–Crippen LogP) is 3.98. The minimum Gasteiger partial charge on any atom is -0.468 e. The number of sulfone groups is 1. The van der Waals surface area contributed by atoms with Gasteiger partial charge in [0.25, 0.3) is 0 Å². The quantitative estimate of drug-likeness (QED) is 0.627. The summed E-state index contributed by atoms with van der Waals surface area (Å²) in [5.74, 6) is 1.29. The first kappa shape index (κ1) is 19.2. The van der Waals surface area contributed by atoms with Crippen LogP contribution in [0, 0.1) is 6.92 Å². The van der Waals surface area contributed by atoms with E-state index in [0.717, 1.165) is 22.3 Å². The summed E-state index contributed by atoms with van der Waals surface area (Å²) in [6, 6.07) is 11.9. The average Bonchev–Trinajstić information content (AvgIpc) is 3.39. The molecule has 148 valence electrons. The Balaban J connectivity index is 1.47. The van der Waals surface area contributed by atoms with Gasteiger partial charge in [-0.15, -0.1) is 11.3 Å². The van der Waals surface area contributed by atoms with E-state index in [1.54, 1.807) is 17.6 Å². The van der Waals surface area contributed by atoms with Gasteiger partial charge >= 0.3 is 0 Å². The average molecular weight is 418 g/mol. The molecule has 1 unspecified atom stereocenters. The highest BCUT2D eigenvalue weighted by molar-refractivity contribution is 7.91. The standard InChI is InChI=1S/C20H23N3O3S2/c1-15-4-6-16(7-5-15)21-20-22-17(13-27-20)11-23(12-19-3-2-9-26-19)18-8-10-28(24,25)14-18/h2-7,9,13,18H,8,10-12,14H2,1H3,(H,21,22). The van der Waals surface area contributed by atoms with Crippen molar-refractivity contribution in [3.8, 4) is 0 Å². The fourth-order valence-electron chi connectivity index (χ4n) is 3.39. The van der Waals surface area contributed by atoms with E-state index in [2.05, 4.69) is 29.3 Å². The molecule has 2 aromatic heterocycles. The number of nitrogens with zero attached hydrogens (tertiary/aromatic N) is 2. The van der Waals surface area contributed by atoms with E-state index >= 15 is 0 Å². The Morgan fingerprint density at radius 2 is 2.07 bits per heavy atom. The lowest BCUT2D eigenvalue weighted by molar-refractivity contribution is 0.177. The van der Waals surface area contributed by atoms with Gasteiger partial charge in [0.15, 0.2) is 15.0 Å². The van der Waals surface area contributed by atoms with Crippen LogP contribution in [0.2, 0.25) is 0 Å². The normalized spacial score (nSPS) is 18.6. The minimum atomic E-state index is -2.95. The van der Waals surface area contributed by atoms with Crippen LogP contribution >= 0.6 is 11.3 Å². The summed E-state index contributed by atoms with van der Waals surface area (Å²) in [4.78, 5) is 6.85. The van der Waals surface area contributed by atoms with Crippen molar-refractivity contribution in [3.63, 3.8) is 0 Å². The van der Waals surface area contributed by atoms with Crippen LogP contribution in [0.15, 0.2) is 52.5 Å². The zero-order chi connectivity index (χ0) is 19.6. The largest absolute Gasteiger partial charge is 0.468 e. The number of furan rings is 1. The Kier molecular flexibility index (Phi) is 5.52. The summed E-state index contributed by atoms with van der Waals surface area (Å²) < 4.78 is 29.4. The van der Waals surface area contributed by atoms with Crippen LogP contribution in [0.25, 0.3) is 0 Å². The van der Waals surface area contributed by atoms with Gasteiger partial charge < -0.3 is 9.73 Å². The molecular formula is C20H23N3O3S2. The van der Waals surface area contributed by atoms with Gasteiger partial charge in [0.2, 0.25) is 0 Å². The second-order valence-electron chi connectivity index (χ2n) is 7.18. The molecule has 6 nitrogen and oxygen atoms in total. The molecule has 0 amide bonds. The second kappa shape index (κ2) is 8.06. The number of thiazole rings is 1. The number of nitrogens with one attached hydrogen (secondary N) is 1. The van der Waals surface area contributed by atoms with Gasteiger partial charge in [-0.05, 0) is 37.6 Å². The van der Waals surface area contributed by atoms with Crippen molar-refractivity contribution in [2.45, 2.75) is 32.5 Å². The highest BCUT2D eigenvalue weighted by atomic mass is 32.2. The highest BCUT2D eigenvalue weighted by Crippen LogP contribution is 2.25. The van der Waals surface area contributed by atoms with E-state index in [1.165, 1.54) is 5.56 Å². The third kappa shape index (κ3) is 4.81. The van der Waals surface area contributed by atoms with E-state index in [1.807, 2.05) is 29.6 Å². The van der Waals surface area contributed by atoms with Crippen LogP contribution in [-0.2, 0) is 22.9 Å². The molecule has 1 atom stereocenters. The molecule has 0 bridgehead atoms. The van der Waals surface area contributed by atoms with Crippen LogP contribution in [0.4, 0.5) is 10.8 Å². The van der Waals surface area contributed by atoms with Gasteiger partial charge in [0.05, 0.1) is 30.0 Å². The van der Waals surface area contributed by atoms with Crippen molar-refractivity contribution in [3.05, 3.63) is 65.1 Å². The van der Waals surface area contributed by atoms with Gasteiger partial charge in [-0.2, -0.15) is 0 Å². The van der Waals surface area contributed by atoms with Gasteiger partial charge in [0, 0.05) is 23.7 Å². The molecular weight excluding hydrogens is 394 g/mol. The Bertz CT molecular complexity index is 1010. The third-order valence-corrected chi connectivity index (χ3v) is 7.44. The van der Waals surface area contributed by atoms with Crippen molar-refractivity contribution < 1.29 is 12.8 Å². The first-order valence-electron chi connectivity index (χ1n) is 9.22. The first-order chi connectivity index (χ1) is 13.5. The SMILES string of the molecule is Cc1ccc(Nc2nc(CN(Cc3ccco3)C3CCS(=O)(=O)C3)cs2)cc1. The van der Waals surface area contributed by atoms with Crippen molar-refractivity contribution in [2.75, 3.05) is 16.8 Å². The van der Waals surface area contributed by atoms with Crippen LogP contribution < -0.4 is 5.32 Å². The van der Waals surface area contributed by atoms with Crippen LogP contribution in [-0.4, -0.2) is 35.8 Å². The highest BCUT2D eigenvalue weighted by Gasteiger charge is 2.33. The van der Waals surface area contributed by atoms with E-state index in [0.29, 0.717) is 19.5 Å². The Morgan fingerprint density at radius 1 is 1.25 bits per heavy atom. The summed E-state index contributed by atoms with van der Waals surface area (Å²) in [7, 11) is -2.95. The minimum absolute atomic E-state index is 0.00897. The van der Waals surface area contributed by atoms with Crippen LogP contribution in [0.1, 0.15) is 23.4 Å². The monoisotopic (exact) mass is 417 g/mol.